The number of nitrogens with one attached hydrogen (secondary N) is 1. The van der Waals surface area contributed by atoms with Crippen LogP contribution in [-0.4, -0.2) is 18.0 Å². The maximum atomic E-state index is 11.5. The Morgan fingerprint density at radius 3 is 2.44 bits per heavy atom. The molecule has 0 saturated heterocycles. The normalized spacial score (nSPS) is 10.6. The van der Waals surface area contributed by atoms with Crippen molar-refractivity contribution in [3.8, 4) is 0 Å². The predicted molar refractivity (Wildman–Crippen MR) is 77.9 cm³/mol. The van der Waals surface area contributed by atoms with Gasteiger partial charge in [0.05, 0.1) is 0 Å². The average molecular weight is 271 g/mol. The van der Waals surface area contributed by atoms with Crippen LogP contribution < -0.4 is 11.1 Å². The topological polar surface area (TPSA) is 55.1 Å². The van der Waals surface area contributed by atoms with Crippen molar-refractivity contribution in [2.45, 2.75) is 38.6 Å². The van der Waals surface area contributed by atoms with Crippen LogP contribution in [0.25, 0.3) is 0 Å². The van der Waals surface area contributed by atoms with E-state index in [1.165, 1.54) is 5.56 Å². The Morgan fingerprint density at radius 2 is 1.89 bits per heavy atom. The summed E-state index contributed by atoms with van der Waals surface area (Å²) in [5.41, 5.74) is 6.73. The number of aryl methyl sites for hydroxylation is 1. The van der Waals surface area contributed by atoms with Crippen LogP contribution in [0.3, 0.4) is 0 Å². The minimum atomic E-state index is -0.338. The van der Waals surface area contributed by atoms with Gasteiger partial charge in [-0.2, -0.15) is 0 Å². The van der Waals surface area contributed by atoms with Crippen molar-refractivity contribution in [3.05, 3.63) is 35.9 Å². The molecule has 1 aromatic rings. The second-order valence-corrected chi connectivity index (χ2v) is 5.10. The Balaban J connectivity index is 0.00000289. The van der Waals surface area contributed by atoms with E-state index in [0.717, 1.165) is 12.8 Å². The maximum Gasteiger partial charge on any atom is 0.220 e. The molecule has 0 aliphatic rings. The molecule has 0 aliphatic heterocycles. The average Bonchev–Trinajstić information content (AvgIpc) is 2.27. The molecule has 0 radical (unpaired) electrons. The highest BCUT2D eigenvalue weighted by Gasteiger charge is 2.11. The molecule has 0 saturated carbocycles. The number of benzene rings is 1. The van der Waals surface area contributed by atoms with Crippen LogP contribution in [-0.2, 0) is 11.2 Å². The zero-order valence-corrected chi connectivity index (χ0v) is 11.9. The summed E-state index contributed by atoms with van der Waals surface area (Å²) in [6.45, 7) is 4.33. The number of carbonyl (C=O) groups is 1. The molecule has 0 aromatic heterocycles. The summed E-state index contributed by atoms with van der Waals surface area (Å²) in [6.07, 6.45) is 2.38. The lowest BCUT2D eigenvalue weighted by Gasteiger charge is -2.18. The SMILES string of the molecule is CC(C)(N)CNC(=O)CCCc1ccccc1.Cl. The number of rotatable bonds is 6. The second-order valence-electron chi connectivity index (χ2n) is 5.10. The van der Waals surface area contributed by atoms with Gasteiger partial charge in [0, 0.05) is 18.5 Å². The van der Waals surface area contributed by atoms with E-state index in [-0.39, 0.29) is 23.9 Å². The van der Waals surface area contributed by atoms with Crippen LogP contribution in [0.2, 0.25) is 0 Å². The fraction of sp³-hybridized carbons (Fsp3) is 0.500. The number of hydrogen-bond donors (Lipinski definition) is 2. The molecular formula is C14H23ClN2O. The molecule has 3 nitrogen and oxygen atoms in total. The molecule has 0 spiro atoms. The largest absolute Gasteiger partial charge is 0.354 e. The van der Waals surface area contributed by atoms with E-state index in [4.69, 9.17) is 5.73 Å². The fourth-order valence-electron chi connectivity index (χ4n) is 1.51. The molecule has 1 amide bonds. The molecule has 1 aromatic carbocycles. The van der Waals surface area contributed by atoms with E-state index in [0.29, 0.717) is 13.0 Å². The maximum absolute atomic E-state index is 11.5. The third kappa shape index (κ3) is 8.09. The van der Waals surface area contributed by atoms with Crippen LogP contribution in [0.1, 0.15) is 32.3 Å². The first-order valence-corrected chi connectivity index (χ1v) is 6.07. The lowest BCUT2D eigenvalue weighted by atomic mass is 10.1. The molecule has 1 rings (SSSR count). The molecule has 0 fully saturated rings. The molecule has 4 heteroatoms. The van der Waals surface area contributed by atoms with E-state index >= 15 is 0 Å². The first-order chi connectivity index (χ1) is 7.97. The Morgan fingerprint density at radius 1 is 1.28 bits per heavy atom. The summed E-state index contributed by atoms with van der Waals surface area (Å²) in [7, 11) is 0. The summed E-state index contributed by atoms with van der Waals surface area (Å²) >= 11 is 0. The van der Waals surface area contributed by atoms with Gasteiger partial charge in [-0.3, -0.25) is 4.79 Å². The first kappa shape index (κ1) is 16.9. The van der Waals surface area contributed by atoms with Crippen molar-refractivity contribution in [2.24, 2.45) is 5.73 Å². The van der Waals surface area contributed by atoms with Gasteiger partial charge in [-0.1, -0.05) is 30.3 Å². The zero-order chi connectivity index (χ0) is 12.7. The summed E-state index contributed by atoms with van der Waals surface area (Å²) in [4.78, 5) is 11.5. The van der Waals surface area contributed by atoms with E-state index in [1.54, 1.807) is 0 Å². The van der Waals surface area contributed by atoms with Crippen LogP contribution in [0.4, 0.5) is 0 Å². The lowest BCUT2D eigenvalue weighted by Crippen LogP contribution is -2.45. The van der Waals surface area contributed by atoms with E-state index in [1.807, 2.05) is 32.0 Å². The number of carbonyl (C=O) groups excluding carboxylic acids is 1. The Bertz CT molecular complexity index is 347. The molecule has 0 unspecified atom stereocenters. The molecular weight excluding hydrogens is 248 g/mol. The first-order valence-electron chi connectivity index (χ1n) is 6.07. The summed E-state index contributed by atoms with van der Waals surface area (Å²) in [5.74, 6) is 0.0828. The standard InChI is InChI=1S/C14H22N2O.ClH/c1-14(2,15)11-16-13(17)10-6-9-12-7-4-3-5-8-12;/h3-5,7-8H,6,9-11,15H2,1-2H3,(H,16,17);1H. The molecule has 3 N–H and O–H groups in total. The zero-order valence-electron chi connectivity index (χ0n) is 11.1. The predicted octanol–water partition coefficient (Wildman–Crippen LogP) is 2.28. The monoisotopic (exact) mass is 270 g/mol. The van der Waals surface area contributed by atoms with Gasteiger partial charge in [0.1, 0.15) is 0 Å². The molecule has 0 bridgehead atoms. The van der Waals surface area contributed by atoms with Gasteiger partial charge in [-0.15, -0.1) is 12.4 Å². The number of amides is 1. The van der Waals surface area contributed by atoms with Crippen molar-refractivity contribution in [1.29, 1.82) is 0 Å². The smallest absolute Gasteiger partial charge is 0.220 e. The minimum Gasteiger partial charge on any atom is -0.354 e. The van der Waals surface area contributed by atoms with E-state index in [9.17, 15) is 4.79 Å². The summed E-state index contributed by atoms with van der Waals surface area (Å²) in [5, 5.41) is 2.84. The fourth-order valence-corrected chi connectivity index (χ4v) is 1.51. The quantitative estimate of drug-likeness (QED) is 0.833. The van der Waals surface area contributed by atoms with Gasteiger partial charge in [0.25, 0.3) is 0 Å². The third-order valence-corrected chi connectivity index (χ3v) is 2.45. The number of hydrogen-bond acceptors (Lipinski definition) is 2. The van der Waals surface area contributed by atoms with E-state index in [2.05, 4.69) is 17.4 Å². The highest BCUT2D eigenvalue weighted by molar-refractivity contribution is 5.85. The van der Waals surface area contributed by atoms with Crippen molar-refractivity contribution in [3.63, 3.8) is 0 Å². The van der Waals surface area contributed by atoms with Crippen LogP contribution >= 0.6 is 12.4 Å². The van der Waals surface area contributed by atoms with Gasteiger partial charge >= 0.3 is 0 Å². The van der Waals surface area contributed by atoms with Crippen molar-refractivity contribution in [1.82, 2.24) is 5.32 Å². The van der Waals surface area contributed by atoms with Gasteiger partial charge < -0.3 is 11.1 Å². The second kappa shape index (κ2) is 8.11. The van der Waals surface area contributed by atoms with E-state index < -0.39 is 0 Å². The highest BCUT2D eigenvalue weighted by Crippen LogP contribution is 2.04. The van der Waals surface area contributed by atoms with Crippen LogP contribution in [0.5, 0.6) is 0 Å². The van der Waals surface area contributed by atoms with Gasteiger partial charge in [0.2, 0.25) is 5.91 Å². The molecule has 0 atom stereocenters. The van der Waals surface area contributed by atoms with Gasteiger partial charge in [-0.25, -0.2) is 0 Å². The minimum absolute atomic E-state index is 0. The molecule has 0 heterocycles. The van der Waals surface area contributed by atoms with Gasteiger partial charge in [-0.05, 0) is 32.3 Å². The number of halogens is 1. The van der Waals surface area contributed by atoms with Crippen LogP contribution in [0, 0.1) is 0 Å². The van der Waals surface area contributed by atoms with Gasteiger partial charge in [0.15, 0.2) is 0 Å². The van der Waals surface area contributed by atoms with Crippen molar-refractivity contribution < 1.29 is 4.79 Å². The Labute approximate surface area is 116 Å². The third-order valence-electron chi connectivity index (χ3n) is 2.45. The van der Waals surface area contributed by atoms with Crippen LogP contribution in [0.15, 0.2) is 30.3 Å². The lowest BCUT2D eigenvalue weighted by molar-refractivity contribution is -0.121. The highest BCUT2D eigenvalue weighted by atomic mass is 35.5. The van der Waals surface area contributed by atoms with Crippen molar-refractivity contribution >= 4 is 18.3 Å². The Hall–Kier alpha value is -1.06. The molecule has 18 heavy (non-hydrogen) atoms. The molecule has 0 aliphatic carbocycles. The van der Waals surface area contributed by atoms with Crippen molar-refractivity contribution in [2.75, 3.05) is 6.54 Å². The summed E-state index contributed by atoms with van der Waals surface area (Å²) in [6, 6.07) is 10.2. The molecule has 102 valence electrons. The summed E-state index contributed by atoms with van der Waals surface area (Å²) < 4.78 is 0. The number of nitrogens with two attached hydrogens (primary N) is 1. The Kier molecular flexibility index (Phi) is 7.64.